The molecule has 2 atom stereocenters. The molecule has 0 aliphatic heterocycles. The molecule has 0 saturated heterocycles. The van der Waals surface area contributed by atoms with E-state index in [4.69, 9.17) is 5.11 Å². The molecule has 0 unspecified atom stereocenters. The van der Waals surface area contributed by atoms with E-state index in [1.54, 1.807) is 30.3 Å². The van der Waals surface area contributed by atoms with Crippen LogP contribution >= 0.6 is 0 Å². The van der Waals surface area contributed by atoms with Gasteiger partial charge in [-0.25, -0.2) is 22.0 Å². The highest BCUT2D eigenvalue weighted by Crippen LogP contribution is 2.23. The van der Waals surface area contributed by atoms with E-state index in [-0.39, 0.29) is 6.42 Å². The Morgan fingerprint density at radius 1 is 0.903 bits per heavy atom. The van der Waals surface area contributed by atoms with E-state index in [9.17, 15) is 36.3 Å². The maximum atomic E-state index is 13.8. The van der Waals surface area contributed by atoms with Gasteiger partial charge in [-0.3, -0.25) is 14.4 Å². The number of carboxylic acids is 1. The van der Waals surface area contributed by atoms with Crippen LogP contribution in [0.4, 0.5) is 22.0 Å². The van der Waals surface area contributed by atoms with Crippen LogP contribution in [-0.2, 0) is 27.2 Å². The molecule has 2 aromatic rings. The molecule has 0 saturated carbocycles. The number of amides is 1. The Bertz CT molecular complexity index is 968. The van der Waals surface area contributed by atoms with Gasteiger partial charge in [0.15, 0.2) is 29.1 Å². The maximum absolute atomic E-state index is 13.8. The first-order valence-corrected chi connectivity index (χ1v) is 9.12. The molecule has 31 heavy (non-hydrogen) atoms. The molecule has 0 spiro atoms. The van der Waals surface area contributed by atoms with Crippen LogP contribution in [0.1, 0.15) is 24.5 Å². The average molecular weight is 443 g/mol. The molecule has 0 fully saturated rings. The Morgan fingerprint density at radius 2 is 1.42 bits per heavy atom. The van der Waals surface area contributed by atoms with Crippen molar-refractivity contribution in [1.82, 2.24) is 5.32 Å². The van der Waals surface area contributed by atoms with Gasteiger partial charge >= 0.3 is 5.97 Å². The zero-order chi connectivity index (χ0) is 23.3. The summed E-state index contributed by atoms with van der Waals surface area (Å²) in [6, 6.07) is 7.03. The van der Waals surface area contributed by atoms with Gasteiger partial charge in [0.05, 0.1) is 18.4 Å². The third-order valence-corrected chi connectivity index (χ3v) is 4.57. The molecule has 0 aromatic heterocycles. The molecule has 5 nitrogen and oxygen atoms in total. The standard InChI is InChI=1S/C21H18F5NO4/c1-10(21(30)31)7-14(28)13(8-11-5-3-2-4-6-11)27-15(29)9-12-16(22)18(24)20(26)19(25)17(12)23/h2-6,10,13H,7-9H2,1H3,(H,27,29)(H,30,31)/t10-,13+/m1/s1. The van der Waals surface area contributed by atoms with Crippen molar-refractivity contribution in [2.75, 3.05) is 0 Å². The number of halogens is 5. The molecule has 2 N–H and O–H groups in total. The summed E-state index contributed by atoms with van der Waals surface area (Å²) in [5, 5.41) is 11.2. The Labute approximate surface area is 173 Å². The summed E-state index contributed by atoms with van der Waals surface area (Å²) in [6.45, 7) is 1.29. The van der Waals surface area contributed by atoms with E-state index in [2.05, 4.69) is 5.32 Å². The first-order chi connectivity index (χ1) is 14.5. The monoisotopic (exact) mass is 443 g/mol. The molecule has 0 aliphatic carbocycles. The first-order valence-electron chi connectivity index (χ1n) is 9.12. The highest BCUT2D eigenvalue weighted by Gasteiger charge is 2.29. The molecule has 0 heterocycles. The van der Waals surface area contributed by atoms with Crippen LogP contribution in [0.3, 0.4) is 0 Å². The van der Waals surface area contributed by atoms with Crippen molar-refractivity contribution in [3.8, 4) is 0 Å². The molecule has 0 radical (unpaired) electrons. The summed E-state index contributed by atoms with van der Waals surface area (Å²) < 4.78 is 67.5. The van der Waals surface area contributed by atoms with Crippen LogP contribution in [0.15, 0.2) is 30.3 Å². The third kappa shape index (κ3) is 5.87. The topological polar surface area (TPSA) is 83.5 Å². The zero-order valence-electron chi connectivity index (χ0n) is 16.2. The second-order valence-electron chi connectivity index (χ2n) is 6.94. The van der Waals surface area contributed by atoms with Crippen LogP contribution < -0.4 is 5.32 Å². The number of hydrogen-bond acceptors (Lipinski definition) is 3. The quantitative estimate of drug-likeness (QED) is 0.354. The van der Waals surface area contributed by atoms with Crippen LogP contribution in [0, 0.1) is 35.0 Å². The number of ketones is 1. The Morgan fingerprint density at radius 3 is 1.94 bits per heavy atom. The summed E-state index contributed by atoms with van der Waals surface area (Å²) in [4.78, 5) is 35.9. The number of carbonyl (C=O) groups is 3. The number of aliphatic carboxylic acids is 1. The van der Waals surface area contributed by atoms with Crippen LogP contribution in [0.25, 0.3) is 0 Å². The predicted molar refractivity (Wildman–Crippen MR) is 98.4 cm³/mol. The van der Waals surface area contributed by atoms with E-state index >= 15 is 0 Å². The summed E-state index contributed by atoms with van der Waals surface area (Å²) in [5.41, 5.74) is -0.737. The Hall–Kier alpha value is -3.30. The molecular weight excluding hydrogens is 425 g/mol. The number of hydrogen-bond donors (Lipinski definition) is 2. The van der Waals surface area contributed by atoms with Gasteiger partial charge in [-0.15, -0.1) is 0 Å². The van der Waals surface area contributed by atoms with Crippen molar-refractivity contribution in [3.05, 3.63) is 70.5 Å². The Balaban J connectivity index is 2.25. The van der Waals surface area contributed by atoms with Gasteiger partial charge in [-0.1, -0.05) is 37.3 Å². The number of carboxylic acid groups (broad SMARTS) is 1. The summed E-state index contributed by atoms with van der Waals surface area (Å²) in [6.07, 6.45) is -1.71. The lowest BCUT2D eigenvalue weighted by Gasteiger charge is -2.19. The lowest BCUT2D eigenvalue weighted by Crippen LogP contribution is -2.44. The predicted octanol–water partition coefficient (Wildman–Crippen LogP) is 3.33. The highest BCUT2D eigenvalue weighted by molar-refractivity contribution is 5.92. The van der Waals surface area contributed by atoms with E-state index in [1.165, 1.54) is 6.92 Å². The second kappa shape index (κ2) is 10.1. The Kier molecular flexibility index (Phi) is 7.84. The third-order valence-electron chi connectivity index (χ3n) is 4.57. The molecule has 10 heteroatoms. The van der Waals surface area contributed by atoms with Crippen LogP contribution in [-0.4, -0.2) is 28.8 Å². The minimum absolute atomic E-state index is 0.0607. The average Bonchev–Trinajstić information content (AvgIpc) is 2.74. The van der Waals surface area contributed by atoms with Gasteiger partial charge < -0.3 is 10.4 Å². The normalized spacial score (nSPS) is 12.8. The van der Waals surface area contributed by atoms with E-state index in [0.29, 0.717) is 5.56 Å². The van der Waals surface area contributed by atoms with Crippen molar-refractivity contribution in [2.45, 2.75) is 32.2 Å². The lowest BCUT2D eigenvalue weighted by molar-refractivity contribution is -0.143. The van der Waals surface area contributed by atoms with E-state index in [0.717, 1.165) is 0 Å². The SMILES string of the molecule is C[C@H](CC(=O)[C@H](Cc1ccccc1)NC(=O)Cc1c(F)c(F)c(F)c(F)c1F)C(=O)O. The van der Waals surface area contributed by atoms with Gasteiger partial charge in [0, 0.05) is 12.0 Å². The van der Waals surface area contributed by atoms with Gasteiger partial charge in [0.25, 0.3) is 0 Å². The zero-order valence-corrected chi connectivity index (χ0v) is 16.2. The van der Waals surface area contributed by atoms with Crippen molar-refractivity contribution >= 4 is 17.7 Å². The van der Waals surface area contributed by atoms with E-state index in [1.807, 2.05) is 0 Å². The summed E-state index contributed by atoms with van der Waals surface area (Å²) in [5.74, 6) is -15.1. The van der Waals surface area contributed by atoms with Crippen molar-refractivity contribution in [3.63, 3.8) is 0 Å². The number of carbonyl (C=O) groups excluding carboxylic acids is 2. The number of nitrogens with one attached hydrogen (secondary N) is 1. The van der Waals surface area contributed by atoms with Crippen molar-refractivity contribution in [1.29, 1.82) is 0 Å². The van der Waals surface area contributed by atoms with Crippen LogP contribution in [0.2, 0.25) is 0 Å². The molecule has 2 rings (SSSR count). The van der Waals surface area contributed by atoms with Gasteiger partial charge in [-0.05, 0) is 12.0 Å². The smallest absolute Gasteiger partial charge is 0.306 e. The minimum atomic E-state index is -2.35. The molecule has 166 valence electrons. The van der Waals surface area contributed by atoms with E-state index < -0.39 is 77.1 Å². The fourth-order valence-electron chi connectivity index (χ4n) is 2.84. The molecule has 0 bridgehead atoms. The fraction of sp³-hybridized carbons (Fsp3) is 0.286. The van der Waals surface area contributed by atoms with Gasteiger partial charge in [0.1, 0.15) is 0 Å². The fourth-order valence-corrected chi connectivity index (χ4v) is 2.84. The minimum Gasteiger partial charge on any atom is -0.481 e. The number of Topliss-reactive ketones (excluding diaryl/α,β-unsaturated/α-hetero) is 1. The second-order valence-corrected chi connectivity index (χ2v) is 6.94. The largest absolute Gasteiger partial charge is 0.481 e. The lowest BCUT2D eigenvalue weighted by atomic mass is 9.95. The number of benzene rings is 2. The summed E-state index contributed by atoms with van der Waals surface area (Å²) in [7, 11) is 0. The molecule has 2 aromatic carbocycles. The summed E-state index contributed by atoms with van der Waals surface area (Å²) >= 11 is 0. The molecular formula is C21H18F5NO4. The van der Waals surface area contributed by atoms with Crippen molar-refractivity contribution in [2.24, 2.45) is 5.92 Å². The number of rotatable bonds is 9. The first kappa shape index (κ1) is 24.0. The molecule has 1 amide bonds. The van der Waals surface area contributed by atoms with Crippen LogP contribution in [0.5, 0.6) is 0 Å². The molecule has 0 aliphatic rings. The van der Waals surface area contributed by atoms with Crippen molar-refractivity contribution < 1.29 is 41.4 Å². The maximum Gasteiger partial charge on any atom is 0.306 e. The highest BCUT2D eigenvalue weighted by atomic mass is 19.2. The van der Waals surface area contributed by atoms with Gasteiger partial charge in [-0.2, -0.15) is 0 Å². The van der Waals surface area contributed by atoms with Gasteiger partial charge in [0.2, 0.25) is 11.7 Å².